The quantitative estimate of drug-likeness (QED) is 0.606. The number of aromatic amines is 1. The molecule has 0 aliphatic carbocycles. The average molecular weight is 290 g/mol. The molecule has 0 radical (unpaired) electrons. The average Bonchev–Trinajstić information content (AvgIpc) is 2.98. The molecule has 0 unspecified atom stereocenters. The molecule has 4 rings (SSSR count). The van der Waals surface area contributed by atoms with Crippen molar-refractivity contribution in [2.24, 2.45) is 0 Å². The lowest BCUT2D eigenvalue weighted by Gasteiger charge is -2.03. The van der Waals surface area contributed by atoms with Crippen LogP contribution in [0.1, 0.15) is 6.92 Å². The van der Waals surface area contributed by atoms with E-state index in [-0.39, 0.29) is 0 Å². The van der Waals surface area contributed by atoms with Gasteiger partial charge in [0.2, 0.25) is 5.95 Å². The van der Waals surface area contributed by atoms with Gasteiger partial charge in [-0.3, -0.25) is 9.97 Å². The summed E-state index contributed by atoms with van der Waals surface area (Å²) in [6, 6.07) is 6.05. The van der Waals surface area contributed by atoms with Gasteiger partial charge in [0.15, 0.2) is 0 Å². The molecule has 4 aromatic rings. The van der Waals surface area contributed by atoms with E-state index >= 15 is 0 Å². The molecule has 0 bridgehead atoms. The van der Waals surface area contributed by atoms with Crippen LogP contribution in [0.25, 0.3) is 33.2 Å². The topological polar surface area (TPSA) is 79.4 Å². The molecule has 3 heterocycles. The summed E-state index contributed by atoms with van der Waals surface area (Å²) >= 11 is 0. The fourth-order valence-electron chi connectivity index (χ4n) is 2.52. The van der Waals surface area contributed by atoms with Gasteiger partial charge in [0.05, 0.1) is 11.0 Å². The molecule has 2 N–H and O–H groups in total. The highest BCUT2D eigenvalue weighted by atomic mass is 15.1. The second-order valence-electron chi connectivity index (χ2n) is 4.95. The maximum atomic E-state index is 4.47. The van der Waals surface area contributed by atoms with Crippen molar-refractivity contribution in [3.05, 3.63) is 43.0 Å². The van der Waals surface area contributed by atoms with Crippen molar-refractivity contribution in [3.8, 4) is 11.1 Å². The third-order valence-corrected chi connectivity index (χ3v) is 3.55. The number of anilines is 1. The molecule has 0 spiro atoms. The van der Waals surface area contributed by atoms with Gasteiger partial charge in [-0.2, -0.15) is 4.98 Å². The number of rotatable bonds is 3. The molecule has 0 aliphatic rings. The third-order valence-electron chi connectivity index (χ3n) is 3.55. The predicted octanol–water partition coefficient (Wildman–Crippen LogP) is 3.00. The Morgan fingerprint density at radius 2 is 1.95 bits per heavy atom. The summed E-state index contributed by atoms with van der Waals surface area (Å²) in [7, 11) is 0. The standard InChI is InChI=1S/C16H14N6/c1-2-17-16-21-9-12-11(8-20-15(12)22-16)10-3-4-13-14(7-10)19-6-5-18-13/h3-9H,2H2,1H3,(H2,17,20,21,22). The van der Waals surface area contributed by atoms with Crippen molar-refractivity contribution in [2.75, 3.05) is 11.9 Å². The molecular formula is C16H14N6. The molecule has 0 atom stereocenters. The fraction of sp³-hybridized carbons (Fsp3) is 0.125. The van der Waals surface area contributed by atoms with E-state index in [4.69, 9.17) is 0 Å². The number of benzene rings is 1. The first-order chi connectivity index (χ1) is 10.8. The number of H-pyrrole nitrogens is 1. The van der Waals surface area contributed by atoms with Gasteiger partial charge in [0, 0.05) is 42.3 Å². The van der Waals surface area contributed by atoms with E-state index in [1.165, 1.54) is 0 Å². The Morgan fingerprint density at radius 3 is 2.82 bits per heavy atom. The molecule has 0 fully saturated rings. The van der Waals surface area contributed by atoms with Crippen LogP contribution in [0, 0.1) is 0 Å². The van der Waals surface area contributed by atoms with Crippen LogP contribution in [0.5, 0.6) is 0 Å². The van der Waals surface area contributed by atoms with Gasteiger partial charge >= 0.3 is 0 Å². The summed E-state index contributed by atoms with van der Waals surface area (Å²) in [5, 5.41) is 4.10. The zero-order valence-corrected chi connectivity index (χ0v) is 12.0. The minimum Gasteiger partial charge on any atom is -0.354 e. The van der Waals surface area contributed by atoms with E-state index < -0.39 is 0 Å². The molecule has 108 valence electrons. The molecule has 0 aliphatic heterocycles. The van der Waals surface area contributed by atoms with Gasteiger partial charge in [0.1, 0.15) is 5.65 Å². The van der Waals surface area contributed by atoms with Gasteiger partial charge in [-0.25, -0.2) is 4.98 Å². The normalized spacial score (nSPS) is 11.1. The van der Waals surface area contributed by atoms with Crippen molar-refractivity contribution in [1.29, 1.82) is 0 Å². The SMILES string of the molecule is CCNc1ncc2c(-c3ccc4nccnc4c3)c[nH]c2n1. The zero-order valence-electron chi connectivity index (χ0n) is 12.0. The summed E-state index contributed by atoms with van der Waals surface area (Å²) in [5.74, 6) is 0.632. The van der Waals surface area contributed by atoms with E-state index in [2.05, 4.69) is 30.2 Å². The molecule has 0 amide bonds. The summed E-state index contributed by atoms with van der Waals surface area (Å²) in [6.45, 7) is 2.81. The highest BCUT2D eigenvalue weighted by Crippen LogP contribution is 2.29. The molecule has 6 nitrogen and oxygen atoms in total. The Labute approximate surface area is 126 Å². The Morgan fingerprint density at radius 1 is 1.09 bits per heavy atom. The van der Waals surface area contributed by atoms with E-state index in [1.54, 1.807) is 12.4 Å². The van der Waals surface area contributed by atoms with Crippen LogP contribution < -0.4 is 5.32 Å². The maximum absolute atomic E-state index is 4.47. The second kappa shape index (κ2) is 5.07. The summed E-state index contributed by atoms with van der Waals surface area (Å²) in [4.78, 5) is 20.7. The molecule has 1 aromatic carbocycles. The number of hydrogen-bond donors (Lipinski definition) is 2. The van der Waals surface area contributed by atoms with Crippen LogP contribution in [0.15, 0.2) is 43.0 Å². The van der Waals surface area contributed by atoms with Crippen molar-refractivity contribution in [3.63, 3.8) is 0 Å². The highest BCUT2D eigenvalue weighted by Gasteiger charge is 2.09. The minimum absolute atomic E-state index is 0.632. The summed E-state index contributed by atoms with van der Waals surface area (Å²) in [5.41, 5.74) is 4.71. The summed E-state index contributed by atoms with van der Waals surface area (Å²) < 4.78 is 0. The molecule has 6 heteroatoms. The summed E-state index contributed by atoms with van der Waals surface area (Å²) in [6.07, 6.45) is 7.19. The Kier molecular flexibility index (Phi) is 2.93. The number of nitrogens with zero attached hydrogens (tertiary/aromatic N) is 4. The first-order valence-corrected chi connectivity index (χ1v) is 7.14. The van der Waals surface area contributed by atoms with Crippen molar-refractivity contribution in [1.82, 2.24) is 24.9 Å². The lowest BCUT2D eigenvalue weighted by Crippen LogP contribution is -2.01. The number of nitrogens with one attached hydrogen (secondary N) is 2. The first-order valence-electron chi connectivity index (χ1n) is 7.14. The van der Waals surface area contributed by atoms with Crippen LogP contribution in [-0.4, -0.2) is 31.5 Å². The first kappa shape index (κ1) is 12.7. The van der Waals surface area contributed by atoms with Gasteiger partial charge in [0.25, 0.3) is 0 Å². The van der Waals surface area contributed by atoms with Crippen LogP contribution in [0.3, 0.4) is 0 Å². The van der Waals surface area contributed by atoms with Gasteiger partial charge < -0.3 is 10.3 Å². The van der Waals surface area contributed by atoms with Crippen LogP contribution >= 0.6 is 0 Å². The van der Waals surface area contributed by atoms with Gasteiger partial charge in [-0.05, 0) is 24.6 Å². The zero-order chi connectivity index (χ0) is 14.9. The number of fused-ring (bicyclic) bond motifs is 2. The predicted molar refractivity (Wildman–Crippen MR) is 86.6 cm³/mol. The molecule has 3 aromatic heterocycles. The van der Waals surface area contributed by atoms with E-state index in [9.17, 15) is 0 Å². The van der Waals surface area contributed by atoms with Crippen molar-refractivity contribution < 1.29 is 0 Å². The van der Waals surface area contributed by atoms with E-state index in [1.807, 2.05) is 37.5 Å². The number of aromatic nitrogens is 5. The van der Waals surface area contributed by atoms with Crippen molar-refractivity contribution >= 4 is 28.0 Å². The van der Waals surface area contributed by atoms with E-state index in [0.29, 0.717) is 5.95 Å². The van der Waals surface area contributed by atoms with E-state index in [0.717, 1.165) is 39.7 Å². The lowest BCUT2D eigenvalue weighted by atomic mass is 10.1. The Bertz CT molecular complexity index is 959. The monoisotopic (exact) mass is 290 g/mol. The van der Waals surface area contributed by atoms with Crippen molar-refractivity contribution in [2.45, 2.75) is 6.92 Å². The van der Waals surface area contributed by atoms with Crippen LogP contribution in [-0.2, 0) is 0 Å². The smallest absolute Gasteiger partial charge is 0.224 e. The Balaban J connectivity index is 1.85. The third kappa shape index (κ3) is 2.05. The molecule has 0 saturated heterocycles. The Hall–Kier alpha value is -3.02. The minimum atomic E-state index is 0.632. The largest absolute Gasteiger partial charge is 0.354 e. The lowest BCUT2D eigenvalue weighted by molar-refractivity contribution is 1.10. The molecular weight excluding hydrogens is 276 g/mol. The van der Waals surface area contributed by atoms with Crippen LogP contribution in [0.2, 0.25) is 0 Å². The van der Waals surface area contributed by atoms with Gasteiger partial charge in [-0.1, -0.05) is 6.07 Å². The fourth-order valence-corrected chi connectivity index (χ4v) is 2.52. The number of hydrogen-bond acceptors (Lipinski definition) is 5. The molecule has 0 saturated carbocycles. The maximum Gasteiger partial charge on any atom is 0.224 e. The van der Waals surface area contributed by atoms with Crippen LogP contribution in [0.4, 0.5) is 5.95 Å². The second-order valence-corrected chi connectivity index (χ2v) is 4.95. The highest BCUT2D eigenvalue weighted by molar-refractivity contribution is 5.95. The molecule has 22 heavy (non-hydrogen) atoms. The van der Waals surface area contributed by atoms with Gasteiger partial charge in [-0.15, -0.1) is 0 Å².